The summed E-state index contributed by atoms with van der Waals surface area (Å²) in [6.07, 6.45) is 3.62. The summed E-state index contributed by atoms with van der Waals surface area (Å²) < 4.78 is 0. The van der Waals surface area contributed by atoms with Crippen LogP contribution >= 0.6 is 11.3 Å². The van der Waals surface area contributed by atoms with Crippen LogP contribution in [0.4, 0.5) is 0 Å². The van der Waals surface area contributed by atoms with Gasteiger partial charge in [-0.1, -0.05) is 13.8 Å². The molecule has 0 unspecified atom stereocenters. The lowest BCUT2D eigenvalue weighted by molar-refractivity contribution is 0.587. The van der Waals surface area contributed by atoms with Gasteiger partial charge in [-0.3, -0.25) is 4.98 Å². The molecule has 0 radical (unpaired) electrons. The molecule has 4 heteroatoms. The molecule has 0 aliphatic heterocycles. The molecular weight excluding hydrogens is 218 g/mol. The average molecular weight is 233 g/mol. The van der Waals surface area contributed by atoms with Crippen molar-refractivity contribution in [2.24, 2.45) is 0 Å². The minimum atomic E-state index is 0.491. The van der Waals surface area contributed by atoms with Crippen molar-refractivity contribution < 1.29 is 0 Å². The van der Waals surface area contributed by atoms with Crippen molar-refractivity contribution in [2.75, 3.05) is 0 Å². The van der Waals surface area contributed by atoms with Crippen LogP contribution in [0.15, 0.2) is 29.9 Å². The third-order valence-corrected chi connectivity index (χ3v) is 3.02. The second kappa shape index (κ2) is 5.18. The van der Waals surface area contributed by atoms with Gasteiger partial charge in [0.05, 0.1) is 5.69 Å². The topological polar surface area (TPSA) is 37.8 Å². The van der Waals surface area contributed by atoms with Crippen LogP contribution in [0.3, 0.4) is 0 Å². The fourth-order valence-electron chi connectivity index (χ4n) is 1.33. The summed E-state index contributed by atoms with van der Waals surface area (Å²) in [6.45, 7) is 5.11. The highest BCUT2D eigenvalue weighted by atomic mass is 32.1. The summed E-state index contributed by atoms with van der Waals surface area (Å²) in [4.78, 5) is 8.66. The number of thiazole rings is 1. The van der Waals surface area contributed by atoms with E-state index in [2.05, 4.69) is 34.5 Å². The number of aromatic nitrogens is 2. The highest BCUT2D eigenvalue weighted by Gasteiger charge is 2.04. The van der Waals surface area contributed by atoms with Crippen molar-refractivity contribution in [1.82, 2.24) is 15.3 Å². The SMILES string of the molecule is CC(C)NCc1nc(-c2cccnc2)cs1. The van der Waals surface area contributed by atoms with Crippen LogP contribution in [-0.2, 0) is 6.54 Å². The molecule has 2 aromatic heterocycles. The summed E-state index contributed by atoms with van der Waals surface area (Å²) in [5.41, 5.74) is 2.09. The maximum absolute atomic E-state index is 4.57. The zero-order chi connectivity index (χ0) is 11.4. The van der Waals surface area contributed by atoms with Crippen LogP contribution < -0.4 is 5.32 Å². The zero-order valence-corrected chi connectivity index (χ0v) is 10.3. The Morgan fingerprint density at radius 3 is 3.00 bits per heavy atom. The summed E-state index contributed by atoms with van der Waals surface area (Å²) in [5.74, 6) is 0. The van der Waals surface area contributed by atoms with Gasteiger partial charge < -0.3 is 5.32 Å². The highest BCUT2D eigenvalue weighted by Crippen LogP contribution is 2.20. The number of nitrogens with zero attached hydrogens (tertiary/aromatic N) is 2. The van der Waals surface area contributed by atoms with Gasteiger partial charge in [-0.2, -0.15) is 0 Å². The lowest BCUT2D eigenvalue weighted by atomic mass is 10.2. The Morgan fingerprint density at radius 2 is 2.31 bits per heavy atom. The molecule has 0 aliphatic rings. The fraction of sp³-hybridized carbons (Fsp3) is 0.333. The van der Waals surface area contributed by atoms with E-state index in [0.29, 0.717) is 6.04 Å². The summed E-state index contributed by atoms with van der Waals surface area (Å²) in [5, 5.41) is 6.55. The van der Waals surface area contributed by atoms with Gasteiger partial charge in [0.25, 0.3) is 0 Å². The molecule has 1 N–H and O–H groups in total. The third kappa shape index (κ3) is 2.87. The smallest absolute Gasteiger partial charge is 0.107 e. The van der Waals surface area contributed by atoms with Gasteiger partial charge in [-0.05, 0) is 12.1 Å². The van der Waals surface area contributed by atoms with E-state index in [4.69, 9.17) is 0 Å². The second-order valence-corrected chi connectivity index (χ2v) is 4.85. The molecule has 0 aromatic carbocycles. The number of rotatable bonds is 4. The van der Waals surface area contributed by atoms with Crippen molar-refractivity contribution in [2.45, 2.75) is 26.4 Å². The Bertz CT molecular complexity index is 437. The van der Waals surface area contributed by atoms with Gasteiger partial charge in [-0.15, -0.1) is 11.3 Å². The lowest BCUT2D eigenvalue weighted by Crippen LogP contribution is -2.21. The monoisotopic (exact) mass is 233 g/mol. The molecule has 2 heterocycles. The summed E-state index contributed by atoms with van der Waals surface area (Å²) in [6, 6.07) is 4.45. The lowest BCUT2D eigenvalue weighted by Gasteiger charge is -2.04. The van der Waals surface area contributed by atoms with E-state index < -0.39 is 0 Å². The quantitative estimate of drug-likeness (QED) is 0.882. The third-order valence-electron chi connectivity index (χ3n) is 2.17. The first-order valence-electron chi connectivity index (χ1n) is 5.34. The average Bonchev–Trinajstić information content (AvgIpc) is 2.76. The Morgan fingerprint density at radius 1 is 1.44 bits per heavy atom. The fourth-order valence-corrected chi connectivity index (χ4v) is 2.08. The first-order valence-corrected chi connectivity index (χ1v) is 6.22. The molecule has 0 fully saturated rings. The van der Waals surface area contributed by atoms with E-state index in [0.717, 1.165) is 22.8 Å². The van der Waals surface area contributed by atoms with Crippen LogP contribution in [0.2, 0.25) is 0 Å². The van der Waals surface area contributed by atoms with Crippen LogP contribution in [0.5, 0.6) is 0 Å². The van der Waals surface area contributed by atoms with Crippen molar-refractivity contribution in [3.63, 3.8) is 0 Å². The van der Waals surface area contributed by atoms with Gasteiger partial charge in [0, 0.05) is 35.9 Å². The predicted octanol–water partition coefficient (Wildman–Crippen LogP) is 2.70. The van der Waals surface area contributed by atoms with E-state index in [1.165, 1.54) is 0 Å². The highest BCUT2D eigenvalue weighted by molar-refractivity contribution is 7.09. The van der Waals surface area contributed by atoms with E-state index in [1.54, 1.807) is 17.5 Å². The van der Waals surface area contributed by atoms with Crippen LogP contribution in [0, 0.1) is 0 Å². The van der Waals surface area contributed by atoms with E-state index in [9.17, 15) is 0 Å². The first-order chi connectivity index (χ1) is 7.75. The molecule has 2 aromatic rings. The standard InChI is InChI=1S/C12H15N3S/c1-9(2)14-7-12-15-11(8-16-12)10-4-3-5-13-6-10/h3-6,8-9,14H,7H2,1-2H3. The van der Waals surface area contributed by atoms with E-state index in [1.807, 2.05) is 18.3 Å². The van der Waals surface area contributed by atoms with E-state index >= 15 is 0 Å². The summed E-state index contributed by atoms with van der Waals surface area (Å²) >= 11 is 1.68. The molecule has 84 valence electrons. The number of hydrogen-bond donors (Lipinski definition) is 1. The maximum atomic E-state index is 4.57. The second-order valence-electron chi connectivity index (χ2n) is 3.90. The normalized spacial score (nSPS) is 10.9. The van der Waals surface area contributed by atoms with Gasteiger partial charge in [-0.25, -0.2) is 4.98 Å². The van der Waals surface area contributed by atoms with Crippen LogP contribution in [0.1, 0.15) is 18.9 Å². The minimum Gasteiger partial charge on any atom is -0.308 e. The molecule has 0 saturated carbocycles. The Balaban J connectivity index is 2.08. The molecule has 0 amide bonds. The number of nitrogens with one attached hydrogen (secondary N) is 1. The molecule has 0 spiro atoms. The molecular formula is C12H15N3S. The Kier molecular flexibility index (Phi) is 3.64. The van der Waals surface area contributed by atoms with Crippen molar-refractivity contribution >= 4 is 11.3 Å². The van der Waals surface area contributed by atoms with Gasteiger partial charge in [0.1, 0.15) is 5.01 Å². The molecule has 0 saturated heterocycles. The first kappa shape index (κ1) is 11.2. The van der Waals surface area contributed by atoms with E-state index in [-0.39, 0.29) is 0 Å². The molecule has 3 nitrogen and oxygen atoms in total. The van der Waals surface area contributed by atoms with Gasteiger partial charge in [0.15, 0.2) is 0 Å². The zero-order valence-electron chi connectivity index (χ0n) is 9.47. The minimum absolute atomic E-state index is 0.491. The van der Waals surface area contributed by atoms with Crippen LogP contribution in [-0.4, -0.2) is 16.0 Å². The Labute approximate surface area is 99.6 Å². The Hall–Kier alpha value is -1.26. The molecule has 0 atom stereocenters. The largest absolute Gasteiger partial charge is 0.308 e. The predicted molar refractivity (Wildman–Crippen MR) is 67.3 cm³/mol. The van der Waals surface area contributed by atoms with Gasteiger partial charge >= 0.3 is 0 Å². The molecule has 16 heavy (non-hydrogen) atoms. The van der Waals surface area contributed by atoms with Crippen molar-refractivity contribution in [3.8, 4) is 11.3 Å². The number of pyridine rings is 1. The van der Waals surface area contributed by atoms with Crippen molar-refractivity contribution in [3.05, 3.63) is 34.9 Å². The number of hydrogen-bond acceptors (Lipinski definition) is 4. The molecule has 0 bridgehead atoms. The van der Waals surface area contributed by atoms with Crippen LogP contribution in [0.25, 0.3) is 11.3 Å². The van der Waals surface area contributed by atoms with Crippen molar-refractivity contribution in [1.29, 1.82) is 0 Å². The maximum Gasteiger partial charge on any atom is 0.107 e. The summed E-state index contributed by atoms with van der Waals surface area (Å²) in [7, 11) is 0. The molecule has 2 rings (SSSR count). The van der Waals surface area contributed by atoms with Gasteiger partial charge in [0.2, 0.25) is 0 Å². The molecule has 0 aliphatic carbocycles.